The van der Waals surface area contributed by atoms with Crippen LogP contribution in [0.4, 0.5) is 4.39 Å². The Morgan fingerprint density at radius 1 is 1.05 bits per heavy atom. The van der Waals surface area contributed by atoms with Crippen LogP contribution in [0.25, 0.3) is 0 Å². The van der Waals surface area contributed by atoms with Crippen LogP contribution < -0.4 is 10.6 Å². The van der Waals surface area contributed by atoms with Crippen molar-refractivity contribution in [3.8, 4) is 12.3 Å². The zero-order chi connectivity index (χ0) is 31.8. The van der Waals surface area contributed by atoms with E-state index in [1.807, 2.05) is 49.3 Å². The summed E-state index contributed by atoms with van der Waals surface area (Å²) in [6.07, 6.45) is 9.12. The zero-order valence-corrected chi connectivity index (χ0v) is 25.8. The van der Waals surface area contributed by atoms with Crippen LogP contribution in [0.15, 0.2) is 42.7 Å². The van der Waals surface area contributed by atoms with Gasteiger partial charge in [0.05, 0.1) is 18.3 Å². The third-order valence-electron chi connectivity index (χ3n) is 8.05. The predicted octanol–water partition coefficient (Wildman–Crippen LogP) is 2.42. The molecular formula is C33H49FN4O5. The summed E-state index contributed by atoms with van der Waals surface area (Å²) >= 11 is 0. The molecule has 4 N–H and O–H groups in total. The fourth-order valence-corrected chi connectivity index (χ4v) is 5.39. The van der Waals surface area contributed by atoms with Crippen LogP contribution in [0.2, 0.25) is 0 Å². The highest BCUT2D eigenvalue weighted by Crippen LogP contribution is 2.28. The van der Waals surface area contributed by atoms with E-state index in [2.05, 4.69) is 16.6 Å². The molecule has 1 aliphatic rings. The van der Waals surface area contributed by atoms with Crippen molar-refractivity contribution in [1.82, 2.24) is 20.4 Å². The van der Waals surface area contributed by atoms with Gasteiger partial charge in [0, 0.05) is 33.0 Å². The molecular weight excluding hydrogens is 551 g/mol. The maximum Gasteiger partial charge on any atom is 0.243 e. The van der Waals surface area contributed by atoms with Gasteiger partial charge in [0.15, 0.2) is 0 Å². The number of likely N-dealkylation sites (N-methyl/N-ethyl adjacent to an activating group) is 2. The molecule has 0 aliphatic heterocycles. The van der Waals surface area contributed by atoms with Crippen molar-refractivity contribution >= 4 is 17.7 Å². The van der Waals surface area contributed by atoms with Gasteiger partial charge in [-0.25, -0.2) is 4.39 Å². The summed E-state index contributed by atoms with van der Waals surface area (Å²) in [4.78, 5) is 43.7. The minimum atomic E-state index is -1.52. The number of hydrogen-bond donors (Lipinski definition) is 4. The lowest BCUT2D eigenvalue weighted by atomic mass is 9.83. The highest BCUT2D eigenvalue weighted by atomic mass is 19.1. The van der Waals surface area contributed by atoms with E-state index in [1.165, 1.54) is 0 Å². The molecule has 4 unspecified atom stereocenters. The van der Waals surface area contributed by atoms with Gasteiger partial charge in [-0.3, -0.25) is 14.4 Å². The normalized spacial score (nSPS) is 17.4. The second-order valence-electron chi connectivity index (χ2n) is 11.8. The van der Waals surface area contributed by atoms with Crippen molar-refractivity contribution in [1.29, 1.82) is 0 Å². The third kappa shape index (κ3) is 12.9. The van der Waals surface area contributed by atoms with Gasteiger partial charge < -0.3 is 30.6 Å². The fourth-order valence-electron chi connectivity index (χ4n) is 5.39. The first-order valence-corrected chi connectivity index (χ1v) is 15.2. The molecule has 2 rings (SSSR count). The summed E-state index contributed by atoms with van der Waals surface area (Å²) in [6, 6.07) is 7.31. The minimum Gasteiger partial charge on any atom is -0.388 e. The van der Waals surface area contributed by atoms with Gasteiger partial charge >= 0.3 is 0 Å². The molecule has 0 radical (unpaired) electrons. The Labute approximate surface area is 255 Å². The molecule has 0 aromatic heterocycles. The maximum atomic E-state index is 13.6. The zero-order valence-electron chi connectivity index (χ0n) is 25.8. The van der Waals surface area contributed by atoms with Crippen LogP contribution >= 0.6 is 0 Å². The molecule has 43 heavy (non-hydrogen) atoms. The molecule has 3 amide bonds. The first-order chi connectivity index (χ1) is 20.5. The van der Waals surface area contributed by atoms with E-state index >= 15 is 0 Å². The van der Waals surface area contributed by atoms with E-state index in [0.717, 1.165) is 43.7 Å². The van der Waals surface area contributed by atoms with Gasteiger partial charge in [-0.05, 0) is 44.5 Å². The summed E-state index contributed by atoms with van der Waals surface area (Å²) in [5.41, 5.74) is 0.870. The van der Waals surface area contributed by atoms with Gasteiger partial charge in [0.1, 0.15) is 18.2 Å². The molecule has 9 nitrogen and oxygen atoms in total. The second-order valence-corrected chi connectivity index (χ2v) is 11.8. The highest BCUT2D eigenvalue weighted by Gasteiger charge is 2.33. The monoisotopic (exact) mass is 600 g/mol. The van der Waals surface area contributed by atoms with E-state index in [-0.39, 0.29) is 37.4 Å². The average molecular weight is 601 g/mol. The molecule has 0 saturated heterocycles. The van der Waals surface area contributed by atoms with Crippen LogP contribution in [0.3, 0.4) is 0 Å². The number of amides is 3. The lowest BCUT2D eigenvalue weighted by Gasteiger charge is -2.32. The standard InChI is InChI=1S/C33H49FN4O5/c1-5-12-27(33(43)36-28(31(41)29(39)17-18-34)22-25-15-10-7-11-16-25)35-32(42)26(21-24-13-8-6-9-14-24)23-30(40)38(4)20-19-37(2)3/h1,6,8-9,13-14,17-18,25-29,31,39,41H,7,10-12,15-16,19-23H2,2-4H3,(H,35,42)(H,36,43)/t26?,27-,28?,29?,31?/m0/s1. The molecule has 5 atom stereocenters. The Morgan fingerprint density at radius 3 is 2.33 bits per heavy atom. The number of nitrogens with zero attached hydrogens (tertiary/aromatic N) is 2. The lowest BCUT2D eigenvalue weighted by Crippen LogP contribution is -2.55. The second kappa shape index (κ2) is 19.1. The summed E-state index contributed by atoms with van der Waals surface area (Å²) in [6.45, 7) is 1.17. The van der Waals surface area contributed by atoms with Crippen molar-refractivity contribution in [3.05, 3.63) is 48.3 Å². The Kier molecular flexibility index (Phi) is 16.0. The Balaban J connectivity index is 2.21. The molecule has 1 saturated carbocycles. The Bertz CT molecular complexity index is 1070. The fraction of sp³-hybridized carbons (Fsp3) is 0.606. The molecule has 10 heteroatoms. The topological polar surface area (TPSA) is 122 Å². The number of nitrogens with one attached hydrogen (secondary N) is 2. The van der Waals surface area contributed by atoms with Gasteiger partial charge in [-0.2, -0.15) is 0 Å². The highest BCUT2D eigenvalue weighted by molar-refractivity contribution is 5.91. The van der Waals surface area contributed by atoms with Crippen LogP contribution in [-0.4, -0.2) is 96.3 Å². The quantitative estimate of drug-likeness (QED) is 0.204. The van der Waals surface area contributed by atoms with Crippen molar-refractivity contribution in [2.75, 3.05) is 34.2 Å². The first kappa shape index (κ1) is 35.9. The summed E-state index contributed by atoms with van der Waals surface area (Å²) in [5.74, 6) is 0.596. The number of terminal acetylenes is 1. The molecule has 238 valence electrons. The van der Waals surface area contributed by atoms with Crippen LogP contribution in [0.1, 0.15) is 56.9 Å². The van der Waals surface area contributed by atoms with Crippen molar-refractivity contribution in [2.24, 2.45) is 11.8 Å². The number of carbonyl (C=O) groups is 3. The molecule has 1 aromatic rings. The van der Waals surface area contributed by atoms with Crippen LogP contribution in [0.5, 0.6) is 0 Å². The van der Waals surface area contributed by atoms with Crippen molar-refractivity contribution in [3.63, 3.8) is 0 Å². The van der Waals surface area contributed by atoms with Gasteiger partial charge in [-0.15, -0.1) is 12.3 Å². The van der Waals surface area contributed by atoms with Crippen LogP contribution in [0, 0.1) is 24.2 Å². The number of aliphatic hydroxyl groups is 2. The summed E-state index contributed by atoms with van der Waals surface area (Å²) < 4.78 is 12.8. The molecule has 1 fully saturated rings. The average Bonchev–Trinajstić information content (AvgIpc) is 2.99. The molecule has 0 heterocycles. The van der Waals surface area contributed by atoms with E-state index in [9.17, 15) is 29.0 Å². The maximum absolute atomic E-state index is 13.6. The van der Waals surface area contributed by atoms with Gasteiger partial charge in [-0.1, -0.05) is 62.4 Å². The third-order valence-corrected chi connectivity index (χ3v) is 8.05. The SMILES string of the molecule is C#CC[C@H](NC(=O)C(CC(=O)N(C)CCN(C)C)Cc1ccccc1)C(=O)NC(CC1CCCCC1)C(O)C(O)C=CF. The Morgan fingerprint density at radius 2 is 1.72 bits per heavy atom. The smallest absolute Gasteiger partial charge is 0.243 e. The van der Waals surface area contributed by atoms with E-state index in [1.54, 1.807) is 11.9 Å². The predicted molar refractivity (Wildman–Crippen MR) is 165 cm³/mol. The number of carbonyl (C=O) groups excluding carboxylic acids is 3. The van der Waals surface area contributed by atoms with E-state index in [4.69, 9.17) is 6.42 Å². The molecule has 1 aliphatic carbocycles. The number of halogens is 1. The van der Waals surface area contributed by atoms with E-state index < -0.39 is 42.0 Å². The van der Waals surface area contributed by atoms with Crippen molar-refractivity contribution in [2.45, 2.75) is 82.1 Å². The van der Waals surface area contributed by atoms with Gasteiger partial charge in [0.2, 0.25) is 17.7 Å². The van der Waals surface area contributed by atoms with Crippen molar-refractivity contribution < 1.29 is 29.0 Å². The van der Waals surface area contributed by atoms with Crippen LogP contribution in [-0.2, 0) is 20.8 Å². The Hall–Kier alpha value is -3.26. The largest absolute Gasteiger partial charge is 0.388 e. The molecule has 0 bridgehead atoms. The van der Waals surface area contributed by atoms with E-state index in [0.29, 0.717) is 19.5 Å². The minimum absolute atomic E-state index is 0.0557. The summed E-state index contributed by atoms with van der Waals surface area (Å²) in [5, 5.41) is 26.6. The molecule has 0 spiro atoms. The first-order valence-electron chi connectivity index (χ1n) is 15.2. The lowest BCUT2D eigenvalue weighted by molar-refractivity contribution is -0.136. The van der Waals surface area contributed by atoms with Gasteiger partial charge in [0.25, 0.3) is 0 Å². The summed E-state index contributed by atoms with van der Waals surface area (Å²) in [7, 11) is 5.53. The number of benzene rings is 1. The number of aliphatic hydroxyl groups excluding tert-OH is 2. The number of rotatable bonds is 17. The number of hydrogen-bond acceptors (Lipinski definition) is 6. The molecule has 1 aromatic carbocycles.